The van der Waals surface area contributed by atoms with Crippen LogP contribution in [0.2, 0.25) is 0 Å². The van der Waals surface area contributed by atoms with Crippen molar-refractivity contribution in [3.8, 4) is 0 Å². The molecule has 3 heterocycles. The van der Waals surface area contributed by atoms with Gasteiger partial charge in [0.25, 0.3) is 0 Å². The molecular weight excluding hydrogens is 413 g/mol. The van der Waals surface area contributed by atoms with E-state index in [9.17, 15) is 4.89 Å². The van der Waals surface area contributed by atoms with Gasteiger partial charge in [0.05, 0.1) is 24.1 Å². The van der Waals surface area contributed by atoms with E-state index in [1.54, 1.807) is 6.33 Å². The van der Waals surface area contributed by atoms with Crippen LogP contribution in [0.1, 0.15) is 60.6 Å². The first-order chi connectivity index (χ1) is 13.2. The van der Waals surface area contributed by atoms with Crippen molar-refractivity contribution < 1.29 is 18.7 Å². The lowest BCUT2D eigenvalue weighted by Crippen LogP contribution is -2.29. The van der Waals surface area contributed by atoms with Crippen molar-refractivity contribution in [2.45, 2.75) is 78.4 Å². The van der Waals surface area contributed by atoms with E-state index in [2.05, 4.69) is 35.7 Å². The Bertz CT molecular complexity index is 923. The van der Waals surface area contributed by atoms with Gasteiger partial charge in [0.1, 0.15) is 18.1 Å². The van der Waals surface area contributed by atoms with Gasteiger partial charge in [0.2, 0.25) is 0 Å². The first-order valence-corrected chi connectivity index (χ1v) is 12.1. The largest absolute Gasteiger partial charge is 0.382 e. The molecule has 0 bridgehead atoms. The molecule has 0 amide bonds. The van der Waals surface area contributed by atoms with Crippen molar-refractivity contribution in [3.05, 3.63) is 12.7 Å². The molecule has 1 unspecified atom stereocenters. The van der Waals surface area contributed by atoms with Gasteiger partial charge in [-0.3, -0.25) is 4.57 Å². The Morgan fingerprint density at radius 2 is 1.97 bits per heavy atom. The maximum absolute atomic E-state index is 10.6. The number of nitrogen functional groups attached to an aromatic ring is 1. The minimum atomic E-state index is -3.44. The predicted octanol–water partition coefficient (Wildman–Crippen LogP) is 3.55. The van der Waals surface area contributed by atoms with E-state index in [0.29, 0.717) is 23.4 Å². The van der Waals surface area contributed by atoms with Gasteiger partial charge in [-0.05, 0) is 44.4 Å². The normalized spacial score (nSPS) is 25.4. The summed E-state index contributed by atoms with van der Waals surface area (Å²) < 4.78 is 19.7. The molecule has 2 aromatic heterocycles. The summed E-state index contributed by atoms with van der Waals surface area (Å²) >= 11 is 5.27. The molecule has 4 atom stereocenters. The lowest BCUT2D eigenvalue weighted by molar-refractivity contribution is -0.0360. The summed E-state index contributed by atoms with van der Waals surface area (Å²) in [5, 5.41) is 0. The molecule has 0 aliphatic carbocycles. The van der Waals surface area contributed by atoms with Crippen molar-refractivity contribution in [2.75, 3.05) is 5.73 Å². The van der Waals surface area contributed by atoms with Crippen LogP contribution in [0.3, 0.4) is 0 Å². The van der Waals surface area contributed by atoms with Crippen LogP contribution in [0.5, 0.6) is 0 Å². The molecule has 1 saturated heterocycles. The number of nitrogens with zero attached hydrogens (tertiary/aromatic N) is 4. The summed E-state index contributed by atoms with van der Waals surface area (Å²) in [5.41, 5.74) is 6.39. The smallest absolute Gasteiger partial charge is 0.325 e. The van der Waals surface area contributed by atoms with Crippen molar-refractivity contribution in [3.63, 3.8) is 0 Å². The first kappa shape index (κ1) is 22.5. The Morgan fingerprint density at radius 3 is 2.59 bits per heavy atom. The lowest BCUT2D eigenvalue weighted by Gasteiger charge is -2.31. The Labute approximate surface area is 176 Å². The number of hydrogen-bond donors (Lipinski definition) is 2. The number of ether oxygens (including phenoxy) is 1. The first-order valence-electron chi connectivity index (χ1n) is 9.54. The molecule has 9 nitrogen and oxygen atoms in total. The zero-order valence-corrected chi connectivity index (χ0v) is 19.4. The minimum Gasteiger partial charge on any atom is -0.382 e. The molecule has 1 fully saturated rings. The van der Waals surface area contributed by atoms with Gasteiger partial charge in [0, 0.05) is 6.42 Å². The van der Waals surface area contributed by atoms with Crippen LogP contribution in [0.25, 0.3) is 11.2 Å². The van der Waals surface area contributed by atoms with Crippen LogP contribution >= 0.6 is 6.72 Å². The highest BCUT2D eigenvalue weighted by atomic mass is 32.5. The van der Waals surface area contributed by atoms with Gasteiger partial charge in [-0.1, -0.05) is 20.8 Å². The number of nitrogens with two attached hydrogens (primary N) is 1. The molecule has 11 heteroatoms. The molecule has 0 saturated carbocycles. The molecule has 29 heavy (non-hydrogen) atoms. The minimum absolute atomic E-state index is 0.00628. The molecule has 0 radical (unpaired) electrons. The van der Waals surface area contributed by atoms with Crippen LogP contribution in [0.15, 0.2) is 12.7 Å². The monoisotopic (exact) mass is 443 g/mol. The molecule has 0 aromatic carbocycles. The number of anilines is 1. The molecule has 162 valence electrons. The van der Waals surface area contributed by atoms with Gasteiger partial charge in [-0.25, -0.2) is 15.0 Å². The van der Waals surface area contributed by atoms with Crippen molar-refractivity contribution >= 4 is 35.5 Å². The molecule has 2 aromatic rings. The lowest BCUT2D eigenvalue weighted by atomic mass is 9.87. The molecular formula is C18H30N5O4PS. The van der Waals surface area contributed by atoms with E-state index < -0.39 is 18.4 Å². The fraction of sp³-hybridized carbons (Fsp3) is 0.722. The van der Waals surface area contributed by atoms with Crippen molar-refractivity contribution in [2.24, 2.45) is 5.41 Å². The number of rotatable bonds is 5. The molecule has 1 aliphatic rings. The van der Waals surface area contributed by atoms with Crippen LogP contribution in [0.4, 0.5) is 5.82 Å². The topological polar surface area (TPSA) is 118 Å². The third-order valence-corrected chi connectivity index (χ3v) is 6.15. The second kappa shape index (κ2) is 7.83. The average molecular weight is 444 g/mol. The number of fused-ring (bicyclic) bond motifs is 1. The highest BCUT2D eigenvalue weighted by Crippen LogP contribution is 2.52. The quantitative estimate of drug-likeness (QED) is 0.669. The molecule has 0 spiro atoms. The molecule has 3 N–H and O–H groups in total. The average Bonchev–Trinajstić information content (AvgIpc) is 3.08. The van der Waals surface area contributed by atoms with E-state index >= 15 is 0 Å². The zero-order valence-electron chi connectivity index (χ0n) is 17.7. The Hall–Kier alpha value is -1.16. The zero-order chi connectivity index (χ0) is 21.6. The van der Waals surface area contributed by atoms with Gasteiger partial charge in [-0.2, -0.15) is 0 Å². The van der Waals surface area contributed by atoms with Crippen LogP contribution in [-0.4, -0.2) is 42.2 Å². The standard InChI is InChI=1S/C18H30N5O4PS/c1-17(2,3)8-12-11(26-28(24,29)27-18(4,5)6)7-13(25-12)23-10-22-14-15(19)20-9-21-16(14)23/h9-13H,7-8H2,1-6H3,(H,24,29)(H2,19,20,21)/t11-,12-,13-,28?/m1/s1. The summed E-state index contributed by atoms with van der Waals surface area (Å²) in [5.74, 6) is 0.315. The van der Waals surface area contributed by atoms with Crippen LogP contribution in [0, 0.1) is 5.41 Å². The fourth-order valence-corrected chi connectivity index (χ4v) is 5.69. The summed E-state index contributed by atoms with van der Waals surface area (Å²) in [7, 11) is 0. The summed E-state index contributed by atoms with van der Waals surface area (Å²) in [6, 6.07) is 0. The number of aromatic nitrogens is 4. The van der Waals surface area contributed by atoms with Crippen LogP contribution < -0.4 is 5.73 Å². The van der Waals surface area contributed by atoms with Gasteiger partial charge >= 0.3 is 6.72 Å². The maximum Gasteiger partial charge on any atom is 0.325 e. The van der Waals surface area contributed by atoms with Crippen molar-refractivity contribution in [1.29, 1.82) is 0 Å². The summed E-state index contributed by atoms with van der Waals surface area (Å²) in [6.45, 7) is 8.43. The van der Waals surface area contributed by atoms with E-state index in [0.717, 1.165) is 6.42 Å². The second-order valence-electron chi connectivity index (χ2n) is 9.53. The van der Waals surface area contributed by atoms with Gasteiger partial charge < -0.3 is 24.4 Å². The fourth-order valence-electron chi connectivity index (χ4n) is 3.39. The predicted molar refractivity (Wildman–Crippen MR) is 115 cm³/mol. The van der Waals surface area contributed by atoms with E-state index in [4.69, 9.17) is 31.3 Å². The number of hydrogen-bond acceptors (Lipinski definition) is 8. The second-order valence-corrected chi connectivity index (χ2v) is 12.2. The van der Waals surface area contributed by atoms with E-state index in [1.807, 2.05) is 25.3 Å². The van der Waals surface area contributed by atoms with E-state index in [1.165, 1.54) is 6.33 Å². The SMILES string of the molecule is CC(C)(C)C[C@H]1O[C@@H](n2cnc3c(N)ncnc32)C[C@H]1OP(O)(=S)OC(C)(C)C. The summed E-state index contributed by atoms with van der Waals surface area (Å²) in [4.78, 5) is 23.2. The van der Waals surface area contributed by atoms with Gasteiger partial charge in [-0.15, -0.1) is 0 Å². The van der Waals surface area contributed by atoms with Crippen molar-refractivity contribution in [1.82, 2.24) is 19.5 Å². The summed E-state index contributed by atoms with van der Waals surface area (Å²) in [6.07, 6.45) is 3.17. The molecule has 1 aliphatic heterocycles. The highest BCUT2D eigenvalue weighted by Gasteiger charge is 2.42. The third-order valence-electron chi connectivity index (χ3n) is 4.35. The van der Waals surface area contributed by atoms with Crippen LogP contribution in [-0.2, 0) is 25.6 Å². The Balaban J connectivity index is 1.87. The maximum atomic E-state index is 10.6. The molecule has 3 rings (SSSR count). The Morgan fingerprint density at radius 1 is 1.28 bits per heavy atom. The third kappa shape index (κ3) is 5.71. The number of imidazole rings is 1. The highest BCUT2D eigenvalue weighted by molar-refractivity contribution is 8.07. The van der Waals surface area contributed by atoms with Gasteiger partial charge in [0.15, 0.2) is 11.5 Å². The van der Waals surface area contributed by atoms with E-state index in [-0.39, 0.29) is 17.7 Å². The Kier molecular flexibility index (Phi) is 6.08.